The zero-order valence-electron chi connectivity index (χ0n) is 13.9. The Morgan fingerprint density at radius 3 is 2.52 bits per heavy atom. The molecule has 1 aliphatic heterocycles. The molecule has 0 aromatic heterocycles. The molecule has 25 heavy (non-hydrogen) atoms. The van der Waals surface area contributed by atoms with Gasteiger partial charge in [0.05, 0.1) is 11.6 Å². The summed E-state index contributed by atoms with van der Waals surface area (Å²) in [5.41, 5.74) is 2.47. The van der Waals surface area contributed by atoms with Crippen molar-refractivity contribution >= 4 is 17.5 Å². The van der Waals surface area contributed by atoms with Gasteiger partial charge < -0.3 is 4.74 Å². The molecule has 4 rings (SSSR count). The molecule has 1 atom stereocenters. The number of carbonyl (C=O) groups is 2. The third kappa shape index (κ3) is 3.07. The molecule has 1 unspecified atom stereocenters. The smallest absolute Gasteiger partial charge is 0.260 e. The fourth-order valence-corrected chi connectivity index (χ4v) is 3.38. The number of carbonyl (C=O) groups excluding carboxylic acids is 2. The van der Waals surface area contributed by atoms with E-state index in [2.05, 4.69) is 0 Å². The number of nitrogens with zero attached hydrogens (tertiary/aromatic N) is 1. The van der Waals surface area contributed by atoms with Crippen LogP contribution in [0.5, 0.6) is 5.75 Å². The van der Waals surface area contributed by atoms with Gasteiger partial charge in [-0.15, -0.1) is 0 Å². The van der Waals surface area contributed by atoms with Gasteiger partial charge in [0.2, 0.25) is 5.91 Å². The Morgan fingerprint density at radius 1 is 1.00 bits per heavy atom. The van der Waals surface area contributed by atoms with Gasteiger partial charge in [-0.1, -0.05) is 36.4 Å². The molecule has 2 aromatic rings. The molecule has 1 heterocycles. The lowest BCUT2D eigenvalue weighted by Gasteiger charge is -2.33. The second kappa shape index (κ2) is 6.55. The highest BCUT2D eigenvalue weighted by molar-refractivity contribution is 6.24. The SMILES string of the molecule is O=C1C2=CC(CCC2)C(=O)N1c1ccc(OCc2ccccc2)cc1. The number of benzene rings is 2. The van der Waals surface area contributed by atoms with E-state index in [9.17, 15) is 9.59 Å². The summed E-state index contributed by atoms with van der Waals surface area (Å²) < 4.78 is 5.76. The molecule has 126 valence electrons. The molecule has 1 aliphatic carbocycles. The van der Waals surface area contributed by atoms with Crippen LogP contribution >= 0.6 is 0 Å². The van der Waals surface area contributed by atoms with Crippen LogP contribution in [-0.4, -0.2) is 11.8 Å². The molecule has 0 saturated heterocycles. The minimum atomic E-state index is -0.182. The Bertz CT molecular complexity index is 824. The molecule has 2 aliphatic rings. The van der Waals surface area contributed by atoms with Crippen molar-refractivity contribution in [2.45, 2.75) is 25.9 Å². The molecular formula is C21H19NO3. The van der Waals surface area contributed by atoms with Gasteiger partial charge in [0.25, 0.3) is 5.91 Å². The van der Waals surface area contributed by atoms with E-state index in [-0.39, 0.29) is 17.7 Å². The Hall–Kier alpha value is -2.88. The number of fused-ring (bicyclic) bond motifs is 1. The number of anilines is 1. The third-order valence-corrected chi connectivity index (χ3v) is 4.72. The van der Waals surface area contributed by atoms with Crippen LogP contribution in [0.2, 0.25) is 0 Å². The maximum absolute atomic E-state index is 12.6. The van der Waals surface area contributed by atoms with Gasteiger partial charge in [-0.05, 0) is 49.1 Å². The largest absolute Gasteiger partial charge is 0.489 e. The Labute approximate surface area is 146 Å². The summed E-state index contributed by atoms with van der Waals surface area (Å²) in [6.07, 6.45) is 4.35. The molecule has 2 amide bonds. The first-order chi connectivity index (χ1) is 12.2. The number of ether oxygens (including phenoxy) is 1. The summed E-state index contributed by atoms with van der Waals surface area (Å²) in [5.74, 6) is 0.254. The summed E-state index contributed by atoms with van der Waals surface area (Å²) in [6, 6.07) is 17.1. The van der Waals surface area contributed by atoms with Gasteiger partial charge >= 0.3 is 0 Å². The highest BCUT2D eigenvalue weighted by Gasteiger charge is 2.37. The van der Waals surface area contributed by atoms with E-state index in [1.54, 1.807) is 24.3 Å². The number of hydrogen-bond donors (Lipinski definition) is 0. The predicted octanol–water partition coefficient (Wildman–Crippen LogP) is 3.87. The summed E-state index contributed by atoms with van der Waals surface area (Å²) >= 11 is 0. The van der Waals surface area contributed by atoms with E-state index in [1.165, 1.54) is 4.90 Å². The van der Waals surface area contributed by atoms with Gasteiger partial charge in [-0.3, -0.25) is 9.59 Å². The summed E-state index contributed by atoms with van der Waals surface area (Å²) in [6.45, 7) is 0.483. The summed E-state index contributed by atoms with van der Waals surface area (Å²) in [7, 11) is 0. The lowest BCUT2D eigenvalue weighted by atomic mass is 9.85. The highest BCUT2D eigenvalue weighted by Crippen LogP contribution is 2.34. The van der Waals surface area contributed by atoms with Crippen LogP contribution in [0, 0.1) is 5.92 Å². The quantitative estimate of drug-likeness (QED) is 0.798. The average molecular weight is 333 g/mol. The molecular weight excluding hydrogens is 314 g/mol. The first-order valence-electron chi connectivity index (χ1n) is 8.58. The van der Waals surface area contributed by atoms with Crippen LogP contribution in [0.15, 0.2) is 66.2 Å². The first kappa shape index (κ1) is 15.6. The van der Waals surface area contributed by atoms with Gasteiger partial charge in [0.15, 0.2) is 0 Å². The number of amides is 2. The van der Waals surface area contributed by atoms with E-state index in [1.807, 2.05) is 36.4 Å². The maximum atomic E-state index is 12.6. The predicted molar refractivity (Wildman–Crippen MR) is 95.1 cm³/mol. The molecule has 4 heteroatoms. The van der Waals surface area contributed by atoms with Crippen molar-refractivity contribution in [3.05, 3.63) is 71.8 Å². The monoisotopic (exact) mass is 333 g/mol. The molecule has 4 nitrogen and oxygen atoms in total. The van der Waals surface area contributed by atoms with E-state index in [0.717, 1.165) is 30.4 Å². The van der Waals surface area contributed by atoms with Crippen molar-refractivity contribution in [2.75, 3.05) is 4.90 Å². The molecule has 2 aromatic carbocycles. The third-order valence-electron chi connectivity index (χ3n) is 4.72. The standard InChI is InChI=1S/C21H19NO3/c23-20-16-7-4-8-17(13-16)21(24)22(20)18-9-11-19(12-10-18)25-14-15-5-2-1-3-6-15/h1-3,5-6,9-13,16H,4,7-8,14H2. The van der Waals surface area contributed by atoms with Crippen molar-refractivity contribution in [2.24, 2.45) is 5.92 Å². The van der Waals surface area contributed by atoms with Crippen molar-refractivity contribution in [3.8, 4) is 5.75 Å². The minimum Gasteiger partial charge on any atom is -0.489 e. The van der Waals surface area contributed by atoms with Crippen LogP contribution < -0.4 is 9.64 Å². The average Bonchev–Trinajstić information content (AvgIpc) is 2.67. The second-order valence-corrected chi connectivity index (χ2v) is 6.44. The molecule has 2 bridgehead atoms. The van der Waals surface area contributed by atoms with Crippen LogP contribution in [-0.2, 0) is 16.2 Å². The second-order valence-electron chi connectivity index (χ2n) is 6.44. The van der Waals surface area contributed by atoms with Crippen LogP contribution in [0.3, 0.4) is 0 Å². The van der Waals surface area contributed by atoms with Crippen molar-refractivity contribution in [1.29, 1.82) is 0 Å². The van der Waals surface area contributed by atoms with Crippen molar-refractivity contribution in [1.82, 2.24) is 0 Å². The fourth-order valence-electron chi connectivity index (χ4n) is 3.38. The lowest BCUT2D eigenvalue weighted by molar-refractivity contribution is -0.128. The fraction of sp³-hybridized carbons (Fsp3) is 0.238. The number of hydrogen-bond acceptors (Lipinski definition) is 3. The summed E-state index contributed by atoms with van der Waals surface area (Å²) in [5, 5.41) is 0. The van der Waals surface area contributed by atoms with E-state index < -0.39 is 0 Å². The van der Waals surface area contributed by atoms with Crippen LogP contribution in [0.25, 0.3) is 0 Å². The van der Waals surface area contributed by atoms with Crippen molar-refractivity contribution < 1.29 is 14.3 Å². The zero-order valence-corrected chi connectivity index (χ0v) is 13.9. The van der Waals surface area contributed by atoms with Crippen LogP contribution in [0.4, 0.5) is 5.69 Å². The van der Waals surface area contributed by atoms with Gasteiger partial charge in [0.1, 0.15) is 12.4 Å². The highest BCUT2D eigenvalue weighted by atomic mass is 16.5. The van der Waals surface area contributed by atoms with E-state index in [4.69, 9.17) is 4.74 Å². The Kier molecular flexibility index (Phi) is 4.10. The maximum Gasteiger partial charge on any atom is 0.260 e. The van der Waals surface area contributed by atoms with Gasteiger partial charge in [0, 0.05) is 5.57 Å². The molecule has 0 radical (unpaired) electrons. The van der Waals surface area contributed by atoms with Gasteiger partial charge in [-0.2, -0.15) is 0 Å². The topological polar surface area (TPSA) is 46.6 Å². The lowest BCUT2D eigenvalue weighted by Crippen LogP contribution is -2.46. The molecule has 0 N–H and O–H groups in total. The zero-order chi connectivity index (χ0) is 17.2. The number of rotatable bonds is 4. The van der Waals surface area contributed by atoms with E-state index >= 15 is 0 Å². The van der Waals surface area contributed by atoms with E-state index in [0.29, 0.717) is 18.0 Å². The summed E-state index contributed by atoms with van der Waals surface area (Å²) in [4.78, 5) is 26.4. The minimum absolute atomic E-state index is 0.119. The van der Waals surface area contributed by atoms with Gasteiger partial charge in [-0.25, -0.2) is 4.90 Å². The van der Waals surface area contributed by atoms with Crippen molar-refractivity contribution in [3.63, 3.8) is 0 Å². The molecule has 0 fully saturated rings. The Balaban J connectivity index is 1.49. The molecule has 0 spiro atoms. The first-order valence-corrected chi connectivity index (χ1v) is 8.58. The normalized spacial score (nSPS) is 19.6. The Morgan fingerprint density at radius 2 is 1.76 bits per heavy atom. The molecule has 0 saturated carbocycles. The number of imide groups is 1. The van der Waals surface area contributed by atoms with Crippen LogP contribution in [0.1, 0.15) is 24.8 Å².